The van der Waals surface area contributed by atoms with Gasteiger partial charge in [0.25, 0.3) is 0 Å². The Labute approximate surface area is 154 Å². The first-order valence-electron chi connectivity index (χ1n) is 8.16. The number of hydrogen-bond acceptors (Lipinski definition) is 4. The average molecular weight is 389 g/mol. The number of hydrogen-bond donors (Lipinski definition) is 1. The molecule has 0 bridgehead atoms. The van der Waals surface area contributed by atoms with E-state index >= 15 is 0 Å². The van der Waals surface area contributed by atoms with Crippen LogP contribution in [0.25, 0.3) is 0 Å². The van der Waals surface area contributed by atoms with Gasteiger partial charge in [-0.1, -0.05) is 0 Å². The number of nitrogens with zero attached hydrogens (tertiary/aromatic N) is 6. The summed E-state index contributed by atoms with van der Waals surface area (Å²) in [5, 5.41) is 6.75. The number of carbonyl (C=O) groups excluding carboxylic acids is 2. The number of alkyl halides is 3. The number of aliphatic imine (C=N–C) groups is 1. The van der Waals surface area contributed by atoms with Crippen LogP contribution < -0.4 is 10.2 Å². The molecule has 150 valence electrons. The molecule has 12 heteroatoms. The van der Waals surface area contributed by atoms with Crippen LogP contribution in [0.2, 0.25) is 0 Å². The molecule has 1 fully saturated rings. The van der Waals surface area contributed by atoms with Crippen molar-refractivity contribution in [1.29, 1.82) is 0 Å². The Morgan fingerprint density at radius 1 is 1.41 bits per heavy atom. The van der Waals surface area contributed by atoms with Crippen molar-refractivity contribution in [2.24, 2.45) is 12.0 Å². The Hall–Kier alpha value is -2.79. The molecule has 2 rings (SSSR count). The van der Waals surface area contributed by atoms with E-state index in [0.717, 1.165) is 7.05 Å². The molecule has 1 aromatic heterocycles. The van der Waals surface area contributed by atoms with Crippen LogP contribution in [-0.2, 0) is 16.6 Å². The summed E-state index contributed by atoms with van der Waals surface area (Å²) < 4.78 is 38.6. The summed E-state index contributed by atoms with van der Waals surface area (Å²) in [5.74, 6) is -0.616. The fourth-order valence-electron chi connectivity index (χ4n) is 2.65. The molecule has 2 heterocycles. The number of nitrogens with one attached hydrogen (secondary N) is 1. The number of carbonyl (C=O) groups is 2. The van der Waals surface area contributed by atoms with E-state index in [1.807, 2.05) is 0 Å². The van der Waals surface area contributed by atoms with Gasteiger partial charge in [-0.3, -0.25) is 19.3 Å². The Kier molecular flexibility index (Phi) is 6.28. The quantitative estimate of drug-likeness (QED) is 0.563. The van der Waals surface area contributed by atoms with E-state index in [-0.39, 0.29) is 25.0 Å². The Bertz CT molecular complexity index is 717. The summed E-state index contributed by atoms with van der Waals surface area (Å²) in [6.07, 6.45) is -1.13. The normalized spacial score (nSPS) is 15.9. The summed E-state index contributed by atoms with van der Waals surface area (Å²) in [5.41, 5.74) is 0.689. The zero-order valence-corrected chi connectivity index (χ0v) is 15.3. The van der Waals surface area contributed by atoms with Crippen LogP contribution in [0, 0.1) is 0 Å². The zero-order chi connectivity index (χ0) is 20.2. The molecule has 1 aromatic rings. The molecular weight excluding hydrogens is 367 g/mol. The van der Waals surface area contributed by atoms with Gasteiger partial charge in [0.2, 0.25) is 11.8 Å². The Balaban J connectivity index is 1.89. The van der Waals surface area contributed by atoms with Gasteiger partial charge in [0.05, 0.1) is 18.4 Å². The second-order valence-electron chi connectivity index (χ2n) is 6.10. The summed E-state index contributed by atoms with van der Waals surface area (Å²) in [4.78, 5) is 32.1. The predicted molar refractivity (Wildman–Crippen MR) is 92.2 cm³/mol. The van der Waals surface area contributed by atoms with Crippen LogP contribution in [-0.4, -0.2) is 90.3 Å². The van der Waals surface area contributed by atoms with Gasteiger partial charge in [-0.2, -0.15) is 18.3 Å². The first kappa shape index (κ1) is 20.5. The van der Waals surface area contributed by atoms with Crippen molar-refractivity contribution in [2.75, 3.05) is 51.7 Å². The van der Waals surface area contributed by atoms with E-state index in [4.69, 9.17) is 0 Å². The first-order chi connectivity index (χ1) is 12.6. The van der Waals surface area contributed by atoms with Crippen LogP contribution >= 0.6 is 0 Å². The number of amides is 2. The van der Waals surface area contributed by atoms with Crippen LogP contribution in [0.1, 0.15) is 0 Å². The maximum absolute atomic E-state index is 12.4. The minimum atomic E-state index is -4.46. The van der Waals surface area contributed by atoms with Crippen molar-refractivity contribution in [3.63, 3.8) is 0 Å². The third kappa shape index (κ3) is 5.59. The maximum atomic E-state index is 12.4. The second-order valence-corrected chi connectivity index (χ2v) is 6.10. The molecule has 0 aliphatic carbocycles. The van der Waals surface area contributed by atoms with Gasteiger partial charge in [-0.25, -0.2) is 0 Å². The highest BCUT2D eigenvalue weighted by molar-refractivity contribution is 5.98. The molecule has 27 heavy (non-hydrogen) atoms. The summed E-state index contributed by atoms with van der Waals surface area (Å²) in [6, 6.07) is 0. The third-order valence-corrected chi connectivity index (χ3v) is 3.97. The van der Waals surface area contributed by atoms with E-state index in [1.54, 1.807) is 33.9 Å². The summed E-state index contributed by atoms with van der Waals surface area (Å²) >= 11 is 0. The molecule has 0 unspecified atom stereocenters. The molecule has 1 aliphatic rings. The van der Waals surface area contributed by atoms with Crippen molar-refractivity contribution in [2.45, 2.75) is 6.18 Å². The molecule has 0 radical (unpaired) electrons. The zero-order valence-electron chi connectivity index (χ0n) is 15.3. The van der Waals surface area contributed by atoms with Crippen LogP contribution in [0.3, 0.4) is 0 Å². The van der Waals surface area contributed by atoms with Crippen LogP contribution in [0.15, 0.2) is 17.4 Å². The largest absolute Gasteiger partial charge is 0.406 e. The highest BCUT2D eigenvalue weighted by Crippen LogP contribution is 2.16. The van der Waals surface area contributed by atoms with Gasteiger partial charge >= 0.3 is 6.18 Å². The molecular formula is C15H22F3N7O2. The summed E-state index contributed by atoms with van der Waals surface area (Å²) in [6.45, 7) is -0.800. The first-order valence-corrected chi connectivity index (χ1v) is 8.16. The molecule has 0 aromatic carbocycles. The lowest BCUT2D eigenvalue weighted by molar-refractivity contribution is -0.157. The maximum Gasteiger partial charge on any atom is 0.406 e. The van der Waals surface area contributed by atoms with Crippen molar-refractivity contribution in [1.82, 2.24) is 24.9 Å². The van der Waals surface area contributed by atoms with E-state index in [0.29, 0.717) is 23.7 Å². The molecule has 1 saturated heterocycles. The fraction of sp³-hybridized carbons (Fsp3) is 0.600. The van der Waals surface area contributed by atoms with Gasteiger partial charge in [0.1, 0.15) is 13.1 Å². The molecule has 9 nitrogen and oxygen atoms in total. The van der Waals surface area contributed by atoms with Crippen LogP contribution in [0.4, 0.5) is 18.9 Å². The topological polar surface area (TPSA) is 86.1 Å². The number of rotatable bonds is 4. The highest BCUT2D eigenvalue weighted by atomic mass is 19.4. The van der Waals surface area contributed by atoms with Gasteiger partial charge in [0, 0.05) is 40.4 Å². The molecule has 1 aliphatic heterocycles. The van der Waals surface area contributed by atoms with Gasteiger partial charge < -0.3 is 20.0 Å². The SMILES string of the molecule is CN=C(NCC(=O)N(C)CC(F)(F)F)N1CCN(c2cnn(C)c2)C(=O)C1. The van der Waals surface area contributed by atoms with E-state index < -0.39 is 18.6 Å². The number of anilines is 1. The minimum absolute atomic E-state index is 0.0289. The van der Waals surface area contributed by atoms with Crippen molar-refractivity contribution < 1.29 is 22.8 Å². The number of piperazine rings is 1. The number of aryl methyl sites for hydroxylation is 1. The van der Waals surface area contributed by atoms with E-state index in [9.17, 15) is 22.8 Å². The number of guanidine groups is 1. The lowest BCUT2D eigenvalue weighted by atomic mass is 10.3. The smallest absolute Gasteiger partial charge is 0.347 e. The van der Waals surface area contributed by atoms with Gasteiger partial charge in [-0.15, -0.1) is 0 Å². The standard InChI is InChI=1S/C15H22F3N7O2/c1-19-14(20-7-12(26)22(2)10-15(16,17)18)24-4-5-25(13(27)9-24)11-6-21-23(3)8-11/h6,8H,4-5,7,9-10H2,1-3H3,(H,19,20). The number of halogens is 3. The van der Waals surface area contributed by atoms with Crippen molar-refractivity contribution in [3.05, 3.63) is 12.4 Å². The Morgan fingerprint density at radius 3 is 2.63 bits per heavy atom. The monoisotopic (exact) mass is 389 g/mol. The molecule has 2 amide bonds. The molecule has 0 atom stereocenters. The van der Waals surface area contributed by atoms with Gasteiger partial charge in [0.15, 0.2) is 5.96 Å². The van der Waals surface area contributed by atoms with E-state index in [2.05, 4.69) is 15.4 Å². The van der Waals surface area contributed by atoms with E-state index in [1.165, 1.54) is 7.05 Å². The lowest BCUT2D eigenvalue weighted by Crippen LogP contribution is -2.56. The fourth-order valence-corrected chi connectivity index (χ4v) is 2.65. The van der Waals surface area contributed by atoms with Gasteiger partial charge in [-0.05, 0) is 0 Å². The highest BCUT2D eigenvalue weighted by Gasteiger charge is 2.32. The minimum Gasteiger partial charge on any atom is -0.347 e. The van der Waals surface area contributed by atoms with Crippen molar-refractivity contribution >= 4 is 23.5 Å². The number of aromatic nitrogens is 2. The van der Waals surface area contributed by atoms with Crippen LogP contribution in [0.5, 0.6) is 0 Å². The average Bonchev–Trinajstić information content (AvgIpc) is 3.00. The molecule has 1 N–H and O–H groups in total. The Morgan fingerprint density at radius 2 is 2.11 bits per heavy atom. The molecule has 0 saturated carbocycles. The molecule has 0 spiro atoms. The van der Waals surface area contributed by atoms with Crippen molar-refractivity contribution in [3.8, 4) is 0 Å². The summed E-state index contributed by atoms with van der Waals surface area (Å²) in [7, 11) is 4.31. The number of likely N-dealkylation sites (N-methyl/N-ethyl adjacent to an activating group) is 1. The predicted octanol–water partition coefficient (Wildman–Crippen LogP) is -0.335. The lowest BCUT2D eigenvalue weighted by Gasteiger charge is -2.35. The third-order valence-electron chi connectivity index (χ3n) is 3.97. The second kappa shape index (κ2) is 8.27.